The van der Waals surface area contributed by atoms with Crippen molar-refractivity contribution in [2.75, 3.05) is 41.9 Å². The van der Waals surface area contributed by atoms with Gasteiger partial charge in [0.1, 0.15) is 6.04 Å². The highest BCUT2D eigenvalue weighted by atomic mass is 16.5. The van der Waals surface area contributed by atoms with Crippen LogP contribution in [0, 0.1) is 29.6 Å². The maximum atomic E-state index is 14.4. The fraction of sp³-hybridized carbons (Fsp3) is 0.689. The molecule has 0 radical (unpaired) electrons. The van der Waals surface area contributed by atoms with E-state index in [1.165, 1.54) is 0 Å². The molecule has 1 aromatic carbocycles. The molecular formula is C45H74N6O6. The lowest BCUT2D eigenvalue weighted by molar-refractivity contribution is -0.148. The van der Waals surface area contributed by atoms with Crippen molar-refractivity contribution >= 4 is 23.6 Å². The van der Waals surface area contributed by atoms with Crippen molar-refractivity contribution in [3.63, 3.8) is 0 Å². The van der Waals surface area contributed by atoms with E-state index < -0.39 is 42.3 Å². The molecule has 12 nitrogen and oxygen atoms in total. The number of likely N-dealkylation sites (tertiary alicyclic amines) is 1. The second kappa shape index (κ2) is 22.5. The molecule has 1 aromatic rings. The highest BCUT2D eigenvalue weighted by molar-refractivity contribution is 5.90. The van der Waals surface area contributed by atoms with Crippen LogP contribution in [0.3, 0.4) is 0 Å². The van der Waals surface area contributed by atoms with Gasteiger partial charge in [0.05, 0.1) is 54.8 Å². The van der Waals surface area contributed by atoms with Crippen LogP contribution in [0.25, 0.3) is 0 Å². The number of amides is 4. The normalized spacial score (nSPS) is 21.7. The number of hydrogen-bond donors (Lipinski definition) is 3. The molecule has 1 fully saturated rings. The van der Waals surface area contributed by atoms with E-state index in [0.717, 1.165) is 24.8 Å². The first-order valence-corrected chi connectivity index (χ1v) is 21.0. The average Bonchev–Trinajstić information content (AvgIpc) is 3.68. The summed E-state index contributed by atoms with van der Waals surface area (Å²) in [6.45, 7) is 14.3. The van der Waals surface area contributed by atoms with Crippen molar-refractivity contribution in [1.29, 1.82) is 0 Å². The third-order valence-electron chi connectivity index (χ3n) is 12.3. The van der Waals surface area contributed by atoms with E-state index >= 15 is 0 Å². The number of allylic oxidation sites excluding steroid dienone is 3. The number of nitrogens with two attached hydrogens (primary N) is 1. The number of ether oxygens (including phenoxy) is 2. The van der Waals surface area contributed by atoms with Crippen molar-refractivity contribution in [1.82, 2.24) is 25.3 Å². The summed E-state index contributed by atoms with van der Waals surface area (Å²) < 4.78 is 12.1. The predicted octanol–water partition coefficient (Wildman–Crippen LogP) is 4.95. The molecule has 0 spiro atoms. The molecule has 4 amide bonds. The molecule has 57 heavy (non-hydrogen) atoms. The maximum absolute atomic E-state index is 14.4. The van der Waals surface area contributed by atoms with Gasteiger partial charge in [0.2, 0.25) is 23.6 Å². The molecule has 1 saturated heterocycles. The molecule has 0 bridgehead atoms. The lowest BCUT2D eigenvalue weighted by Crippen LogP contribution is -2.59. The van der Waals surface area contributed by atoms with Gasteiger partial charge >= 0.3 is 0 Å². The van der Waals surface area contributed by atoms with E-state index in [4.69, 9.17) is 15.2 Å². The second-order valence-corrected chi connectivity index (χ2v) is 17.2. The Hall–Kier alpha value is -3.58. The second-order valence-electron chi connectivity index (χ2n) is 17.2. The van der Waals surface area contributed by atoms with Crippen molar-refractivity contribution in [3.05, 3.63) is 60.2 Å². The smallest absolute Gasteiger partial charge is 0.245 e. The average molecular weight is 795 g/mol. The van der Waals surface area contributed by atoms with Crippen LogP contribution in [-0.2, 0) is 28.7 Å². The summed E-state index contributed by atoms with van der Waals surface area (Å²) >= 11 is 0. The van der Waals surface area contributed by atoms with E-state index in [1.54, 1.807) is 26.2 Å². The molecule has 2 unspecified atom stereocenters. The zero-order chi connectivity index (χ0) is 42.6. The van der Waals surface area contributed by atoms with Gasteiger partial charge in [-0.05, 0) is 56.7 Å². The highest BCUT2D eigenvalue weighted by Crippen LogP contribution is 2.31. The van der Waals surface area contributed by atoms with Crippen molar-refractivity contribution in [2.24, 2.45) is 35.3 Å². The molecule has 0 saturated carbocycles. The van der Waals surface area contributed by atoms with Crippen LogP contribution < -0.4 is 16.4 Å². The number of likely N-dealkylation sites (N-methyl/N-ethyl adjacent to an activating group) is 2. The molecule has 1 heterocycles. The van der Waals surface area contributed by atoms with E-state index in [0.29, 0.717) is 13.0 Å². The van der Waals surface area contributed by atoms with Crippen molar-refractivity contribution < 1.29 is 28.7 Å². The quantitative estimate of drug-likeness (QED) is 0.159. The monoisotopic (exact) mass is 795 g/mol. The first-order valence-electron chi connectivity index (χ1n) is 21.0. The zero-order valence-electron chi connectivity index (χ0n) is 36.8. The van der Waals surface area contributed by atoms with Crippen LogP contribution in [0.1, 0.15) is 92.2 Å². The molecule has 3 rings (SSSR count). The van der Waals surface area contributed by atoms with Crippen LogP contribution in [0.2, 0.25) is 0 Å². The summed E-state index contributed by atoms with van der Waals surface area (Å²) in [5.41, 5.74) is 7.78. The molecule has 0 aromatic heterocycles. The minimum atomic E-state index is -0.756. The molecule has 1 aliphatic carbocycles. The summed E-state index contributed by atoms with van der Waals surface area (Å²) in [7, 11) is 8.66. The number of hydrogen-bond acceptors (Lipinski definition) is 8. The Kier molecular flexibility index (Phi) is 18.9. The Balaban J connectivity index is 1.81. The van der Waals surface area contributed by atoms with Crippen molar-refractivity contribution in [3.8, 4) is 0 Å². The molecule has 12 heteroatoms. The number of methoxy groups -OCH3 is 2. The van der Waals surface area contributed by atoms with E-state index in [1.807, 2.05) is 101 Å². The highest BCUT2D eigenvalue weighted by Gasteiger charge is 2.44. The van der Waals surface area contributed by atoms with Gasteiger partial charge < -0.3 is 35.6 Å². The molecule has 11 atom stereocenters. The Morgan fingerprint density at radius 2 is 1.58 bits per heavy atom. The number of nitrogens with one attached hydrogen (secondary N) is 2. The Morgan fingerprint density at radius 3 is 2.11 bits per heavy atom. The van der Waals surface area contributed by atoms with Crippen molar-refractivity contribution in [2.45, 2.75) is 129 Å². The maximum Gasteiger partial charge on any atom is 0.245 e. The van der Waals surface area contributed by atoms with Gasteiger partial charge in [-0.15, -0.1) is 0 Å². The first kappa shape index (κ1) is 47.8. The van der Waals surface area contributed by atoms with Gasteiger partial charge in [-0.2, -0.15) is 0 Å². The van der Waals surface area contributed by atoms with Gasteiger partial charge in [0.25, 0.3) is 0 Å². The summed E-state index contributed by atoms with van der Waals surface area (Å²) in [4.78, 5) is 61.7. The molecule has 4 N–H and O–H groups in total. The fourth-order valence-electron chi connectivity index (χ4n) is 8.92. The van der Waals surface area contributed by atoms with Gasteiger partial charge in [0, 0.05) is 33.7 Å². The Labute approximate surface area is 343 Å². The molecule has 2 aliphatic rings. The summed E-state index contributed by atoms with van der Waals surface area (Å²) in [5, 5.41) is 6.35. The predicted molar refractivity (Wildman–Crippen MR) is 227 cm³/mol. The molecular weight excluding hydrogens is 721 g/mol. The van der Waals surface area contributed by atoms with Crippen LogP contribution in [0.15, 0.2) is 54.6 Å². The van der Waals surface area contributed by atoms with Gasteiger partial charge in [-0.3, -0.25) is 24.1 Å². The minimum absolute atomic E-state index is 0.0140. The minimum Gasteiger partial charge on any atom is -0.379 e. The first-order chi connectivity index (χ1) is 27.0. The molecule has 320 valence electrons. The lowest BCUT2D eigenvalue weighted by atomic mass is 9.84. The third-order valence-corrected chi connectivity index (χ3v) is 12.3. The summed E-state index contributed by atoms with van der Waals surface area (Å²) in [5.74, 6) is -1.40. The third kappa shape index (κ3) is 12.2. The van der Waals surface area contributed by atoms with E-state index in [-0.39, 0.29) is 65.8 Å². The lowest BCUT2D eigenvalue weighted by Gasteiger charge is -2.41. The Morgan fingerprint density at radius 1 is 0.912 bits per heavy atom. The van der Waals surface area contributed by atoms with Gasteiger partial charge in [0.15, 0.2) is 0 Å². The van der Waals surface area contributed by atoms with E-state index in [9.17, 15) is 19.2 Å². The fourth-order valence-corrected chi connectivity index (χ4v) is 8.92. The van der Waals surface area contributed by atoms with E-state index in [2.05, 4.69) is 36.6 Å². The van der Waals surface area contributed by atoms with Crippen LogP contribution >= 0.6 is 0 Å². The number of nitrogens with zero attached hydrogens (tertiary/aromatic N) is 3. The van der Waals surface area contributed by atoms with Gasteiger partial charge in [-0.1, -0.05) is 110 Å². The number of carbonyl (C=O) groups is 4. The number of carbonyl (C=O) groups excluding carboxylic acids is 4. The number of rotatable bonds is 21. The largest absolute Gasteiger partial charge is 0.379 e. The Bertz CT molecular complexity index is 1490. The molecule has 1 aliphatic heterocycles. The topological polar surface area (TPSA) is 147 Å². The standard InChI is InChI=1S/C45H74N6O6/c1-13-30(6)41(50(10)45(55)38(28(2)3)47-44(54)40(29(4)5)49(8)9)35(56-11)27-36(52)51-26-20-25-34(51)42(57-12)31(7)43(53)48-39(33-23-18-15-19-24-33)37(46)32-21-16-14-17-22-32/h14-19,21-23,28-31,33-35,37-42H,13,20,24-27,46H2,1-12H3,(H,47,54)(H,48,53)/t30-,31+,33?,34-,35+,37-,38-,39-,40-,41?,42+/m0/s1. The SMILES string of the molecule is CC[C@H](C)C([C@@H](CC(=O)N1CCC[C@H]1[C@H](OC)[C@@H](C)C(=O)N[C@@H](C1C=CC=CC1)[C@@H](N)c1ccccc1)OC)N(C)C(=O)[C@@H](NC(=O)[C@H](C(C)C)N(C)C)C(C)C. The van der Waals surface area contributed by atoms with Crippen LogP contribution in [0.4, 0.5) is 0 Å². The van der Waals surface area contributed by atoms with Crippen LogP contribution in [0.5, 0.6) is 0 Å². The summed E-state index contributed by atoms with van der Waals surface area (Å²) in [6.07, 6.45) is 10.0. The summed E-state index contributed by atoms with van der Waals surface area (Å²) in [6, 6.07) is 7.12. The van der Waals surface area contributed by atoms with Crippen LogP contribution in [-0.4, -0.2) is 123 Å². The number of benzene rings is 1. The zero-order valence-corrected chi connectivity index (χ0v) is 36.8. The van der Waals surface area contributed by atoms with Gasteiger partial charge in [-0.25, -0.2) is 0 Å².